The van der Waals surface area contributed by atoms with Crippen LogP contribution in [0.1, 0.15) is 38.8 Å². The van der Waals surface area contributed by atoms with E-state index in [9.17, 15) is 10.5 Å². The number of allylic oxidation sites excluding steroid dienone is 4. The zero-order valence-electron chi connectivity index (χ0n) is 18.5. The highest BCUT2D eigenvalue weighted by atomic mass is 16.7. The second-order valence-electron chi connectivity index (χ2n) is 8.75. The van der Waals surface area contributed by atoms with Crippen molar-refractivity contribution in [2.75, 3.05) is 0 Å². The molecule has 2 heterocycles. The first-order valence-electron chi connectivity index (χ1n) is 10.4. The van der Waals surface area contributed by atoms with Crippen LogP contribution >= 0.6 is 0 Å². The third-order valence-corrected chi connectivity index (χ3v) is 6.09. The number of fused-ring (bicyclic) bond motifs is 1. The monoisotopic (exact) mass is 422 g/mol. The van der Waals surface area contributed by atoms with Gasteiger partial charge < -0.3 is 14.0 Å². The van der Waals surface area contributed by atoms with Gasteiger partial charge in [0.15, 0.2) is 0 Å². The second-order valence-corrected chi connectivity index (χ2v) is 8.75. The molecule has 0 aliphatic carbocycles. The molecule has 0 unspecified atom stereocenters. The summed E-state index contributed by atoms with van der Waals surface area (Å²) in [6.45, 7) is 8.14. The van der Waals surface area contributed by atoms with Crippen molar-refractivity contribution in [2.45, 2.75) is 38.9 Å². The van der Waals surface area contributed by atoms with Crippen LogP contribution in [0.2, 0.25) is 0 Å². The number of nitrogens with zero attached hydrogens (tertiary/aromatic N) is 2. The van der Waals surface area contributed by atoms with Crippen LogP contribution in [0.15, 0.2) is 72.0 Å². The summed E-state index contributed by atoms with van der Waals surface area (Å²) >= 11 is 0. The average Bonchev–Trinajstić information content (AvgIpc) is 3.00. The third-order valence-electron chi connectivity index (χ3n) is 6.09. The van der Waals surface area contributed by atoms with Gasteiger partial charge in [-0.2, -0.15) is 10.5 Å². The van der Waals surface area contributed by atoms with Gasteiger partial charge in [0, 0.05) is 11.1 Å². The molecule has 4 rings (SSSR count). The summed E-state index contributed by atoms with van der Waals surface area (Å²) in [5, 5.41) is 18.7. The maximum absolute atomic E-state index is 9.34. The van der Waals surface area contributed by atoms with Crippen LogP contribution in [0.3, 0.4) is 0 Å². The minimum Gasteiger partial charge on any atom is -0.457 e. The molecule has 5 nitrogen and oxygen atoms in total. The highest BCUT2D eigenvalue weighted by Gasteiger charge is 2.51. The van der Waals surface area contributed by atoms with E-state index in [4.69, 9.17) is 14.0 Å². The Morgan fingerprint density at radius 2 is 1.50 bits per heavy atom. The first kappa shape index (κ1) is 21.6. The van der Waals surface area contributed by atoms with Gasteiger partial charge in [0.25, 0.3) is 0 Å². The molecule has 2 aromatic carbocycles. The van der Waals surface area contributed by atoms with E-state index in [0.717, 1.165) is 16.6 Å². The highest BCUT2D eigenvalue weighted by molar-refractivity contribution is 6.62. The van der Waals surface area contributed by atoms with E-state index in [0.29, 0.717) is 17.1 Å². The number of ether oxygens (including phenoxy) is 1. The van der Waals surface area contributed by atoms with Crippen LogP contribution in [-0.4, -0.2) is 18.3 Å². The quantitative estimate of drug-likeness (QED) is 0.526. The van der Waals surface area contributed by atoms with E-state index in [1.54, 1.807) is 6.08 Å². The second kappa shape index (κ2) is 8.17. The van der Waals surface area contributed by atoms with Gasteiger partial charge in [0.05, 0.1) is 11.2 Å². The molecule has 2 aliphatic rings. The van der Waals surface area contributed by atoms with Gasteiger partial charge in [0.1, 0.15) is 29.2 Å². The predicted octanol–water partition coefficient (Wildman–Crippen LogP) is 4.78. The molecule has 0 amide bonds. The molecule has 2 aromatic rings. The summed E-state index contributed by atoms with van der Waals surface area (Å²) in [7, 11) is -0.401. The minimum absolute atomic E-state index is 0.0541. The number of hydrogen-bond acceptors (Lipinski definition) is 5. The Balaban J connectivity index is 1.56. The molecule has 0 aromatic heterocycles. The lowest BCUT2D eigenvalue weighted by Gasteiger charge is -2.32. The highest BCUT2D eigenvalue weighted by Crippen LogP contribution is 2.37. The molecule has 1 saturated heterocycles. The summed E-state index contributed by atoms with van der Waals surface area (Å²) in [4.78, 5) is 0. The number of hydrogen-bond donors (Lipinski definition) is 0. The largest absolute Gasteiger partial charge is 0.494 e. The van der Waals surface area contributed by atoms with Gasteiger partial charge >= 0.3 is 7.12 Å². The van der Waals surface area contributed by atoms with Crippen molar-refractivity contribution >= 4 is 24.2 Å². The van der Waals surface area contributed by atoms with Crippen molar-refractivity contribution in [3.8, 4) is 17.9 Å². The smallest absolute Gasteiger partial charge is 0.457 e. The molecule has 2 aliphatic heterocycles. The van der Waals surface area contributed by atoms with Crippen molar-refractivity contribution in [1.82, 2.24) is 0 Å². The van der Waals surface area contributed by atoms with E-state index in [-0.39, 0.29) is 16.8 Å². The van der Waals surface area contributed by atoms with E-state index >= 15 is 0 Å². The number of benzene rings is 2. The van der Waals surface area contributed by atoms with Crippen LogP contribution in [0.4, 0.5) is 0 Å². The van der Waals surface area contributed by atoms with Crippen LogP contribution in [0.5, 0.6) is 5.75 Å². The number of rotatable bonds is 3. The van der Waals surface area contributed by atoms with E-state index in [1.165, 1.54) is 0 Å². The summed E-state index contributed by atoms with van der Waals surface area (Å²) in [6, 6.07) is 19.3. The molecular weight excluding hydrogens is 399 g/mol. The van der Waals surface area contributed by atoms with E-state index in [2.05, 4.69) is 0 Å². The van der Waals surface area contributed by atoms with Crippen LogP contribution < -0.4 is 10.2 Å². The van der Waals surface area contributed by atoms with Crippen molar-refractivity contribution in [2.24, 2.45) is 0 Å². The Bertz CT molecular complexity index is 1190. The molecule has 0 bridgehead atoms. The third kappa shape index (κ3) is 3.99. The van der Waals surface area contributed by atoms with Gasteiger partial charge in [-0.3, -0.25) is 0 Å². The lowest BCUT2D eigenvalue weighted by molar-refractivity contribution is 0.00578. The van der Waals surface area contributed by atoms with E-state index < -0.39 is 7.12 Å². The van der Waals surface area contributed by atoms with Gasteiger partial charge in [0.2, 0.25) is 0 Å². The minimum atomic E-state index is -0.401. The molecule has 158 valence electrons. The molecular formula is C26H23BN2O3. The van der Waals surface area contributed by atoms with Crippen LogP contribution in [0, 0.1) is 22.7 Å². The fourth-order valence-electron chi connectivity index (χ4n) is 3.51. The van der Waals surface area contributed by atoms with Crippen LogP contribution in [0.25, 0.3) is 11.6 Å². The van der Waals surface area contributed by atoms with Gasteiger partial charge in [-0.05, 0) is 56.9 Å². The first-order valence-corrected chi connectivity index (χ1v) is 10.4. The number of para-hydroxylation sites is 1. The molecule has 0 saturated carbocycles. The van der Waals surface area contributed by atoms with Crippen LogP contribution in [-0.2, 0) is 9.31 Å². The molecule has 0 N–H and O–H groups in total. The summed E-state index contributed by atoms with van der Waals surface area (Å²) in [6.07, 6.45) is 5.47. The normalized spacial score (nSPS) is 18.4. The maximum atomic E-state index is 9.34. The van der Waals surface area contributed by atoms with Crippen molar-refractivity contribution in [1.29, 1.82) is 10.5 Å². The Morgan fingerprint density at radius 3 is 2.12 bits per heavy atom. The molecule has 0 atom stereocenters. The summed E-state index contributed by atoms with van der Waals surface area (Å²) < 4.78 is 18.2. The first-order chi connectivity index (χ1) is 15.2. The summed E-state index contributed by atoms with van der Waals surface area (Å²) in [5.74, 6) is 1.17. The van der Waals surface area contributed by atoms with Crippen molar-refractivity contribution < 1.29 is 14.0 Å². The zero-order valence-corrected chi connectivity index (χ0v) is 18.5. The predicted molar refractivity (Wildman–Crippen MR) is 124 cm³/mol. The maximum Gasteiger partial charge on any atom is 0.494 e. The summed E-state index contributed by atoms with van der Waals surface area (Å²) in [5.41, 5.74) is 2.52. The number of nitriles is 2. The average molecular weight is 422 g/mol. The Hall–Kier alpha value is -3.58. The fourth-order valence-corrected chi connectivity index (χ4v) is 3.51. The molecule has 0 spiro atoms. The van der Waals surface area contributed by atoms with Crippen molar-refractivity contribution in [3.63, 3.8) is 0 Å². The SMILES string of the molecule is CC1(C)OB(c2ccc(C=CC3=CC(=C(C#N)C#N)c4ccccc4O3)cc2)OC1(C)C. The topological polar surface area (TPSA) is 75.3 Å². The molecule has 1 fully saturated rings. The molecule has 0 radical (unpaired) electrons. The Kier molecular flexibility index (Phi) is 5.52. The fraction of sp³-hybridized carbons (Fsp3) is 0.231. The van der Waals surface area contributed by atoms with E-state index in [1.807, 2.05) is 101 Å². The zero-order chi connectivity index (χ0) is 22.9. The van der Waals surface area contributed by atoms with Gasteiger partial charge in [-0.1, -0.05) is 48.5 Å². The molecule has 32 heavy (non-hydrogen) atoms. The lowest BCUT2D eigenvalue weighted by atomic mass is 9.79. The van der Waals surface area contributed by atoms with Crippen molar-refractivity contribution in [3.05, 3.63) is 83.1 Å². The Morgan fingerprint density at radius 1 is 0.875 bits per heavy atom. The Labute approximate surface area is 189 Å². The molecule has 6 heteroatoms. The lowest BCUT2D eigenvalue weighted by Crippen LogP contribution is -2.41. The van der Waals surface area contributed by atoms with Gasteiger partial charge in [-0.15, -0.1) is 0 Å². The van der Waals surface area contributed by atoms with Gasteiger partial charge in [-0.25, -0.2) is 0 Å². The standard InChI is InChI=1S/C26H23BN2O3/c1-25(2)26(3,4)32-27(31-25)20-12-9-18(10-13-20)11-14-21-15-23(19(16-28)17-29)22-7-5-6-8-24(22)30-21/h5-15H,1-4H3.